The first kappa shape index (κ1) is 30.1. The molecule has 0 radical (unpaired) electrons. The predicted octanol–water partition coefficient (Wildman–Crippen LogP) is 3.37. The summed E-state index contributed by atoms with van der Waals surface area (Å²) in [4.78, 5) is 37.1. The average Bonchev–Trinajstić information content (AvgIpc) is 2.95. The van der Waals surface area contributed by atoms with E-state index in [0.29, 0.717) is 68.8 Å². The molecule has 2 amide bonds. The van der Waals surface area contributed by atoms with Crippen molar-refractivity contribution in [1.29, 1.82) is 0 Å². The summed E-state index contributed by atoms with van der Waals surface area (Å²) in [6, 6.07) is 8.00. The highest BCUT2D eigenvalue weighted by Gasteiger charge is 2.29. The highest BCUT2D eigenvalue weighted by Crippen LogP contribution is 2.28. The molecule has 0 bridgehead atoms. The number of carbonyl (C=O) groups excluding carboxylic acids is 2. The Morgan fingerprint density at radius 3 is 2.35 bits per heavy atom. The van der Waals surface area contributed by atoms with Gasteiger partial charge in [0.1, 0.15) is 5.82 Å². The van der Waals surface area contributed by atoms with E-state index in [0.717, 1.165) is 13.0 Å². The summed E-state index contributed by atoms with van der Waals surface area (Å²) in [6.45, 7) is 7.59. The highest BCUT2D eigenvalue weighted by molar-refractivity contribution is 7.88. The number of pyridine rings is 1. The van der Waals surface area contributed by atoms with Gasteiger partial charge in [-0.05, 0) is 74.9 Å². The first-order chi connectivity index (χ1) is 19.0. The second kappa shape index (κ2) is 13.2. The normalized spacial score (nSPS) is 18.8. The molecule has 40 heavy (non-hydrogen) atoms. The molecule has 0 saturated carbocycles. The summed E-state index contributed by atoms with van der Waals surface area (Å²) < 4.78 is 39.8. The molecular formula is C29H40FN5O4S. The number of amides is 2. The number of carbonyl (C=O) groups is 2. The van der Waals surface area contributed by atoms with E-state index in [-0.39, 0.29) is 30.3 Å². The quantitative estimate of drug-likeness (QED) is 0.545. The van der Waals surface area contributed by atoms with Gasteiger partial charge in [0.05, 0.1) is 6.26 Å². The van der Waals surface area contributed by atoms with Crippen molar-refractivity contribution < 1.29 is 22.4 Å². The fourth-order valence-corrected chi connectivity index (χ4v) is 6.43. The van der Waals surface area contributed by atoms with Crippen LogP contribution >= 0.6 is 0 Å². The number of piperidine rings is 1. The average molecular weight is 574 g/mol. The number of hydrogen-bond donors (Lipinski definition) is 0. The van der Waals surface area contributed by atoms with Gasteiger partial charge in [0, 0.05) is 81.9 Å². The number of sulfonamides is 1. The summed E-state index contributed by atoms with van der Waals surface area (Å²) in [5, 5.41) is 0. The molecule has 0 atom stereocenters. The Morgan fingerprint density at radius 1 is 1.00 bits per heavy atom. The highest BCUT2D eigenvalue weighted by atomic mass is 32.2. The van der Waals surface area contributed by atoms with Gasteiger partial charge in [-0.15, -0.1) is 0 Å². The lowest BCUT2D eigenvalue weighted by atomic mass is 9.94. The van der Waals surface area contributed by atoms with E-state index in [1.54, 1.807) is 40.4 Å². The van der Waals surface area contributed by atoms with Crippen LogP contribution in [0.2, 0.25) is 0 Å². The number of aromatic nitrogens is 1. The lowest BCUT2D eigenvalue weighted by Gasteiger charge is -2.33. The van der Waals surface area contributed by atoms with Gasteiger partial charge in [0.15, 0.2) is 0 Å². The molecule has 2 aliphatic heterocycles. The zero-order valence-corrected chi connectivity index (χ0v) is 24.4. The minimum atomic E-state index is -3.24. The minimum Gasteiger partial charge on any atom is -0.337 e. The molecule has 1 fully saturated rings. The third-order valence-electron chi connectivity index (χ3n) is 7.94. The van der Waals surface area contributed by atoms with Crippen molar-refractivity contribution in [1.82, 2.24) is 19.1 Å². The summed E-state index contributed by atoms with van der Waals surface area (Å²) >= 11 is 0. The molecule has 218 valence electrons. The smallest absolute Gasteiger partial charge is 0.258 e. The van der Waals surface area contributed by atoms with Crippen molar-refractivity contribution in [2.45, 2.75) is 52.1 Å². The van der Waals surface area contributed by atoms with Gasteiger partial charge in [0.25, 0.3) is 5.91 Å². The molecule has 4 rings (SSSR count). The molecule has 11 heteroatoms. The first-order valence-electron chi connectivity index (χ1n) is 14.0. The summed E-state index contributed by atoms with van der Waals surface area (Å²) in [5.41, 5.74) is 1.68. The minimum absolute atomic E-state index is 0.0389. The van der Waals surface area contributed by atoms with E-state index in [1.165, 1.54) is 22.7 Å². The number of hydrogen-bond acceptors (Lipinski definition) is 6. The summed E-state index contributed by atoms with van der Waals surface area (Å²) in [5.74, 6) is -0.569. The Balaban J connectivity index is 1.61. The molecule has 0 aliphatic carbocycles. The molecule has 0 unspecified atom stereocenters. The van der Waals surface area contributed by atoms with E-state index in [1.807, 2.05) is 0 Å². The maximum atomic E-state index is 14.6. The Hall–Kier alpha value is -2.89. The van der Waals surface area contributed by atoms with Crippen molar-refractivity contribution in [2.24, 2.45) is 5.92 Å². The maximum Gasteiger partial charge on any atom is 0.258 e. The van der Waals surface area contributed by atoms with Gasteiger partial charge < -0.3 is 9.80 Å². The van der Waals surface area contributed by atoms with Crippen LogP contribution in [0.5, 0.6) is 0 Å². The number of anilines is 1. The predicted molar refractivity (Wildman–Crippen MR) is 153 cm³/mol. The van der Waals surface area contributed by atoms with E-state index < -0.39 is 15.8 Å². The fourth-order valence-electron chi connectivity index (χ4n) is 5.55. The van der Waals surface area contributed by atoms with Crippen LogP contribution in [0, 0.1) is 11.7 Å². The van der Waals surface area contributed by atoms with Gasteiger partial charge >= 0.3 is 0 Å². The van der Waals surface area contributed by atoms with Gasteiger partial charge in [-0.1, -0.05) is 0 Å². The van der Waals surface area contributed by atoms with Gasteiger partial charge in [-0.2, -0.15) is 0 Å². The third kappa shape index (κ3) is 7.64. The van der Waals surface area contributed by atoms with Crippen LogP contribution in [-0.2, 0) is 21.4 Å². The third-order valence-corrected chi connectivity index (χ3v) is 9.24. The number of halogens is 1. The number of rotatable bonds is 5. The zero-order valence-electron chi connectivity index (χ0n) is 23.6. The Kier molecular flexibility index (Phi) is 9.91. The Bertz CT molecular complexity index is 1280. The van der Waals surface area contributed by atoms with Crippen LogP contribution < -0.4 is 4.90 Å². The summed E-state index contributed by atoms with van der Waals surface area (Å²) in [7, 11) is -3.24. The number of benzene rings is 1. The van der Waals surface area contributed by atoms with Crippen LogP contribution in [0.25, 0.3) is 0 Å². The van der Waals surface area contributed by atoms with Crippen molar-refractivity contribution in [3.05, 3.63) is 59.7 Å². The molecule has 1 saturated heterocycles. The van der Waals surface area contributed by atoms with Gasteiger partial charge in [-0.3, -0.25) is 19.5 Å². The van der Waals surface area contributed by atoms with Crippen molar-refractivity contribution in [3.63, 3.8) is 0 Å². The van der Waals surface area contributed by atoms with E-state index in [4.69, 9.17) is 0 Å². The SMILES string of the molecule is CC(C)N1CCCN(C(=O)c2ccncc2)c2ccc(F)cc2CN(C(=O)CC2CCN(S(C)(=O)=O)CC2)CC1. The van der Waals surface area contributed by atoms with Crippen LogP contribution in [0.4, 0.5) is 10.1 Å². The maximum absolute atomic E-state index is 14.6. The topological polar surface area (TPSA) is 94.1 Å². The molecule has 0 spiro atoms. The molecule has 2 aliphatic rings. The Labute approximate surface area is 237 Å². The molecular weight excluding hydrogens is 533 g/mol. The number of fused-ring (bicyclic) bond motifs is 1. The second-order valence-electron chi connectivity index (χ2n) is 11.1. The monoisotopic (exact) mass is 573 g/mol. The summed E-state index contributed by atoms with van der Waals surface area (Å²) in [6.07, 6.45) is 6.65. The molecule has 1 aromatic heterocycles. The van der Waals surface area contributed by atoms with Crippen LogP contribution in [0.15, 0.2) is 42.7 Å². The zero-order chi connectivity index (χ0) is 28.9. The van der Waals surface area contributed by atoms with Crippen LogP contribution in [0.1, 0.15) is 55.5 Å². The Morgan fingerprint density at radius 2 is 1.70 bits per heavy atom. The van der Waals surface area contributed by atoms with E-state index >= 15 is 0 Å². The lowest BCUT2D eigenvalue weighted by molar-refractivity contribution is -0.133. The molecule has 1 aromatic carbocycles. The number of nitrogens with zero attached hydrogens (tertiary/aromatic N) is 5. The van der Waals surface area contributed by atoms with Crippen molar-refractivity contribution >= 4 is 27.5 Å². The lowest BCUT2D eigenvalue weighted by Crippen LogP contribution is -2.43. The molecule has 3 heterocycles. The first-order valence-corrected chi connectivity index (χ1v) is 15.8. The van der Waals surface area contributed by atoms with Gasteiger partial charge in [0.2, 0.25) is 15.9 Å². The molecule has 2 aromatic rings. The largest absolute Gasteiger partial charge is 0.337 e. The van der Waals surface area contributed by atoms with E-state index in [2.05, 4.69) is 23.7 Å². The van der Waals surface area contributed by atoms with Crippen LogP contribution in [0.3, 0.4) is 0 Å². The fraction of sp³-hybridized carbons (Fsp3) is 0.552. The van der Waals surface area contributed by atoms with Crippen LogP contribution in [-0.4, -0.2) is 90.9 Å². The molecule has 0 N–H and O–H groups in total. The molecule has 9 nitrogen and oxygen atoms in total. The van der Waals surface area contributed by atoms with E-state index in [9.17, 15) is 22.4 Å². The van der Waals surface area contributed by atoms with Crippen molar-refractivity contribution in [2.75, 3.05) is 50.4 Å². The standard InChI is InChI=1S/C29H40FN5O4S/c1-22(2)32-13-4-14-35(29(37)24-7-11-31-12-8-24)27-6-5-26(30)20-25(27)21-33(18-17-32)28(36)19-23-9-15-34(16-10-23)40(3,38)39/h5-8,11-12,20,22-23H,4,9-10,13-19,21H2,1-3H3. The second-order valence-corrected chi connectivity index (χ2v) is 13.1. The van der Waals surface area contributed by atoms with Crippen molar-refractivity contribution in [3.8, 4) is 0 Å². The van der Waals surface area contributed by atoms with Gasteiger partial charge in [-0.25, -0.2) is 17.1 Å².